The van der Waals surface area contributed by atoms with Crippen LogP contribution in [0.4, 0.5) is 16.1 Å². The van der Waals surface area contributed by atoms with E-state index in [9.17, 15) is 9.18 Å². The van der Waals surface area contributed by atoms with Gasteiger partial charge in [-0.2, -0.15) is 4.98 Å². The number of aromatic nitrogens is 1. The summed E-state index contributed by atoms with van der Waals surface area (Å²) >= 11 is 0. The van der Waals surface area contributed by atoms with E-state index in [1.165, 1.54) is 13.2 Å². The third kappa shape index (κ3) is 3.08. The summed E-state index contributed by atoms with van der Waals surface area (Å²) in [7, 11) is 1.53. The lowest BCUT2D eigenvalue weighted by Gasteiger charge is -2.07. The first kappa shape index (κ1) is 14.8. The van der Waals surface area contributed by atoms with Crippen LogP contribution in [-0.4, -0.2) is 23.2 Å². The lowest BCUT2D eigenvalue weighted by molar-refractivity contribution is -0.136. The Morgan fingerprint density at radius 1 is 1.39 bits per heavy atom. The average molecular weight is 316 g/mol. The molecule has 2 aromatic carbocycles. The van der Waals surface area contributed by atoms with Crippen LogP contribution in [0.3, 0.4) is 0 Å². The van der Waals surface area contributed by atoms with Gasteiger partial charge in [0, 0.05) is 0 Å². The number of fused-ring (bicyclic) bond motifs is 1. The van der Waals surface area contributed by atoms with Crippen molar-refractivity contribution >= 4 is 28.8 Å². The van der Waals surface area contributed by atoms with Crippen molar-refractivity contribution in [3.63, 3.8) is 0 Å². The maximum atomic E-state index is 14.0. The smallest absolute Gasteiger partial charge is 0.307 e. The number of carboxylic acid groups (broad SMARTS) is 1. The van der Waals surface area contributed by atoms with Crippen LogP contribution in [0.1, 0.15) is 5.56 Å². The summed E-state index contributed by atoms with van der Waals surface area (Å²) in [4.78, 5) is 14.8. The molecule has 1 heterocycles. The van der Waals surface area contributed by atoms with Crippen molar-refractivity contribution in [3.05, 3.63) is 47.8 Å². The summed E-state index contributed by atoms with van der Waals surface area (Å²) in [5, 5.41) is 11.7. The molecule has 0 aliphatic heterocycles. The van der Waals surface area contributed by atoms with Gasteiger partial charge < -0.3 is 19.6 Å². The molecule has 0 atom stereocenters. The highest BCUT2D eigenvalue weighted by Crippen LogP contribution is 2.29. The van der Waals surface area contributed by atoms with Gasteiger partial charge in [0.15, 0.2) is 11.4 Å². The molecule has 0 saturated carbocycles. The third-order valence-electron chi connectivity index (χ3n) is 3.21. The lowest BCUT2D eigenvalue weighted by Crippen LogP contribution is -2.00. The monoisotopic (exact) mass is 316 g/mol. The molecule has 0 unspecified atom stereocenters. The molecule has 7 heteroatoms. The Morgan fingerprint density at radius 2 is 2.17 bits per heavy atom. The molecule has 23 heavy (non-hydrogen) atoms. The standard InChI is InChI=1S/C16H13FN2O4/c1-22-12-5-3-2-4-11(12)18-16-19-15-10(17)6-9(8-14(20)21)7-13(15)23-16/h2-7H,8H2,1H3,(H,18,19)(H,20,21). The number of halogens is 1. The van der Waals surface area contributed by atoms with Gasteiger partial charge in [0.1, 0.15) is 11.3 Å². The number of benzene rings is 2. The molecule has 2 N–H and O–H groups in total. The number of para-hydroxylation sites is 2. The highest BCUT2D eigenvalue weighted by Gasteiger charge is 2.14. The maximum absolute atomic E-state index is 14.0. The van der Waals surface area contributed by atoms with Gasteiger partial charge in [0.2, 0.25) is 0 Å². The van der Waals surface area contributed by atoms with Crippen LogP contribution in [0.25, 0.3) is 11.1 Å². The van der Waals surface area contributed by atoms with E-state index < -0.39 is 11.8 Å². The predicted molar refractivity (Wildman–Crippen MR) is 81.6 cm³/mol. The molecular weight excluding hydrogens is 303 g/mol. The van der Waals surface area contributed by atoms with Crippen molar-refractivity contribution < 1.29 is 23.4 Å². The van der Waals surface area contributed by atoms with Gasteiger partial charge in [-0.3, -0.25) is 4.79 Å². The summed E-state index contributed by atoms with van der Waals surface area (Å²) in [6.07, 6.45) is -0.289. The number of carbonyl (C=O) groups is 1. The molecule has 0 amide bonds. The van der Waals surface area contributed by atoms with E-state index >= 15 is 0 Å². The number of methoxy groups -OCH3 is 1. The molecule has 0 saturated heterocycles. The van der Waals surface area contributed by atoms with E-state index in [1.807, 2.05) is 6.07 Å². The maximum Gasteiger partial charge on any atom is 0.307 e. The molecule has 6 nitrogen and oxygen atoms in total. The topological polar surface area (TPSA) is 84.6 Å². The quantitative estimate of drug-likeness (QED) is 0.751. The minimum atomic E-state index is -1.05. The molecule has 0 radical (unpaired) electrons. The minimum Gasteiger partial charge on any atom is -0.495 e. The van der Waals surface area contributed by atoms with Crippen LogP contribution >= 0.6 is 0 Å². The molecule has 0 spiro atoms. The molecule has 3 rings (SSSR count). The first-order valence-corrected chi connectivity index (χ1v) is 6.77. The Balaban J connectivity index is 1.96. The molecule has 118 valence electrons. The van der Waals surface area contributed by atoms with Crippen molar-refractivity contribution in [1.82, 2.24) is 4.98 Å². The first-order valence-electron chi connectivity index (χ1n) is 6.77. The van der Waals surface area contributed by atoms with Crippen LogP contribution in [0.5, 0.6) is 5.75 Å². The van der Waals surface area contributed by atoms with Crippen molar-refractivity contribution in [2.75, 3.05) is 12.4 Å². The Bertz CT molecular complexity index is 876. The van der Waals surface area contributed by atoms with Crippen LogP contribution < -0.4 is 10.1 Å². The second-order valence-electron chi connectivity index (χ2n) is 4.84. The molecule has 0 fully saturated rings. The molecule has 1 aromatic heterocycles. The number of nitrogens with zero attached hydrogens (tertiary/aromatic N) is 1. The fourth-order valence-corrected chi connectivity index (χ4v) is 2.24. The number of ether oxygens (including phenoxy) is 1. The van der Waals surface area contributed by atoms with Gasteiger partial charge in [0.25, 0.3) is 6.01 Å². The van der Waals surface area contributed by atoms with Gasteiger partial charge in [-0.05, 0) is 29.8 Å². The number of rotatable bonds is 5. The van der Waals surface area contributed by atoms with Crippen molar-refractivity contribution in [2.24, 2.45) is 0 Å². The predicted octanol–water partition coefficient (Wildman–Crippen LogP) is 3.35. The average Bonchev–Trinajstić information content (AvgIpc) is 2.90. The zero-order valence-corrected chi connectivity index (χ0v) is 12.2. The van der Waals surface area contributed by atoms with Crippen LogP contribution in [-0.2, 0) is 11.2 Å². The molecular formula is C16H13FN2O4. The van der Waals surface area contributed by atoms with Gasteiger partial charge >= 0.3 is 5.97 Å². The molecule has 3 aromatic rings. The number of hydrogen-bond donors (Lipinski definition) is 2. The van der Waals surface area contributed by atoms with Gasteiger partial charge in [-0.25, -0.2) is 4.39 Å². The van der Waals surface area contributed by atoms with Crippen LogP contribution in [0, 0.1) is 5.82 Å². The fraction of sp³-hybridized carbons (Fsp3) is 0.125. The summed E-state index contributed by atoms with van der Waals surface area (Å²) < 4.78 is 24.7. The highest BCUT2D eigenvalue weighted by atomic mass is 19.1. The minimum absolute atomic E-state index is 0.0385. The largest absolute Gasteiger partial charge is 0.495 e. The number of oxazole rings is 1. The van der Waals surface area contributed by atoms with Crippen molar-refractivity contribution in [3.8, 4) is 5.75 Å². The van der Waals surface area contributed by atoms with Gasteiger partial charge in [0.05, 0.1) is 19.2 Å². The summed E-state index contributed by atoms with van der Waals surface area (Å²) in [6.45, 7) is 0. The second kappa shape index (κ2) is 5.96. The van der Waals surface area contributed by atoms with Crippen molar-refractivity contribution in [2.45, 2.75) is 6.42 Å². The van der Waals surface area contributed by atoms with Crippen LogP contribution in [0.15, 0.2) is 40.8 Å². The zero-order valence-electron chi connectivity index (χ0n) is 12.2. The van der Waals surface area contributed by atoms with Gasteiger partial charge in [-0.1, -0.05) is 12.1 Å². The van der Waals surface area contributed by atoms with E-state index in [2.05, 4.69) is 10.3 Å². The Hall–Kier alpha value is -3.09. The normalized spacial score (nSPS) is 10.7. The lowest BCUT2D eigenvalue weighted by atomic mass is 10.1. The molecule has 0 aliphatic carbocycles. The number of aliphatic carboxylic acids is 1. The first-order chi connectivity index (χ1) is 11.1. The van der Waals surface area contributed by atoms with E-state index in [4.69, 9.17) is 14.3 Å². The summed E-state index contributed by atoms with van der Waals surface area (Å²) in [5.74, 6) is -1.09. The van der Waals surface area contributed by atoms with E-state index in [-0.39, 0.29) is 23.5 Å². The van der Waals surface area contributed by atoms with Crippen molar-refractivity contribution in [1.29, 1.82) is 0 Å². The highest BCUT2D eigenvalue weighted by molar-refractivity contribution is 5.79. The Kier molecular flexibility index (Phi) is 3.84. The Labute approximate surface area is 130 Å². The van der Waals surface area contributed by atoms with E-state index in [0.29, 0.717) is 17.0 Å². The van der Waals surface area contributed by atoms with E-state index in [0.717, 1.165) is 6.07 Å². The van der Waals surface area contributed by atoms with Gasteiger partial charge in [-0.15, -0.1) is 0 Å². The Morgan fingerprint density at radius 3 is 2.91 bits per heavy atom. The van der Waals surface area contributed by atoms with E-state index in [1.54, 1.807) is 18.2 Å². The number of hydrogen-bond acceptors (Lipinski definition) is 5. The second-order valence-corrected chi connectivity index (χ2v) is 4.84. The number of anilines is 2. The summed E-state index contributed by atoms with van der Waals surface area (Å²) in [5.41, 5.74) is 1.14. The fourth-order valence-electron chi connectivity index (χ4n) is 2.24. The SMILES string of the molecule is COc1ccccc1Nc1nc2c(F)cc(CC(=O)O)cc2o1. The molecule has 0 aliphatic rings. The third-order valence-corrected chi connectivity index (χ3v) is 3.21. The number of nitrogens with one attached hydrogen (secondary N) is 1. The summed E-state index contributed by atoms with van der Waals surface area (Å²) in [6, 6.07) is 9.85. The number of carboxylic acids is 1. The zero-order chi connectivity index (χ0) is 16.4. The molecule has 0 bridgehead atoms. The van der Waals surface area contributed by atoms with Crippen LogP contribution in [0.2, 0.25) is 0 Å².